The van der Waals surface area contributed by atoms with Gasteiger partial charge in [0.25, 0.3) is 11.5 Å². The lowest BCUT2D eigenvalue weighted by molar-refractivity contribution is -0.130. The monoisotopic (exact) mass is 556 g/mol. The first-order chi connectivity index (χ1) is 18.1. The molecule has 1 aliphatic rings. The van der Waals surface area contributed by atoms with Gasteiger partial charge in [-0.1, -0.05) is 51.1 Å². The highest BCUT2D eigenvalue weighted by molar-refractivity contribution is 6.74. The zero-order valence-electron chi connectivity index (χ0n) is 24.7. The van der Waals surface area contributed by atoms with E-state index in [2.05, 4.69) is 33.9 Å². The van der Waals surface area contributed by atoms with Crippen LogP contribution in [-0.2, 0) is 26.9 Å². The molecular weight excluding hydrogens is 512 g/mol. The van der Waals surface area contributed by atoms with Crippen LogP contribution in [0.5, 0.6) is 0 Å². The van der Waals surface area contributed by atoms with Gasteiger partial charge in [0, 0.05) is 25.9 Å². The number of ether oxygens (including phenoxy) is 1. The van der Waals surface area contributed by atoms with Crippen LogP contribution in [0, 0.1) is 0 Å². The maximum absolute atomic E-state index is 13.5. The van der Waals surface area contributed by atoms with Crippen LogP contribution in [0.15, 0.2) is 41.3 Å². The second kappa shape index (κ2) is 12.0. The lowest BCUT2D eigenvalue weighted by Gasteiger charge is -2.36. The summed E-state index contributed by atoms with van der Waals surface area (Å²) in [6.07, 6.45) is 2.55. The summed E-state index contributed by atoms with van der Waals surface area (Å²) in [6, 6.07) is 9.77. The molecule has 1 aliphatic heterocycles. The molecule has 1 aromatic carbocycles. The third-order valence-corrected chi connectivity index (χ3v) is 11.7. The first-order valence-electron chi connectivity index (χ1n) is 13.6. The SMILES string of the molecule is CC(C)(C)OC(=O)N1CCN(c2nc(CCCO[Si](C)(C)C(C)(C)C)cn(Cc3ccccc3)c2=O)CC1=O. The number of hydrogen-bond donors (Lipinski definition) is 0. The first-order valence-corrected chi connectivity index (χ1v) is 16.5. The number of imide groups is 1. The van der Waals surface area contributed by atoms with E-state index in [9.17, 15) is 14.4 Å². The number of benzene rings is 1. The Morgan fingerprint density at radius 1 is 1.03 bits per heavy atom. The minimum atomic E-state index is -1.85. The molecule has 1 saturated heterocycles. The van der Waals surface area contributed by atoms with Crippen molar-refractivity contribution in [3.63, 3.8) is 0 Å². The van der Waals surface area contributed by atoms with Crippen molar-refractivity contribution in [2.24, 2.45) is 0 Å². The number of amides is 2. The van der Waals surface area contributed by atoms with Gasteiger partial charge in [0.2, 0.25) is 0 Å². The van der Waals surface area contributed by atoms with Gasteiger partial charge in [-0.15, -0.1) is 0 Å². The number of aromatic nitrogens is 2. The van der Waals surface area contributed by atoms with Crippen molar-refractivity contribution in [2.45, 2.75) is 84.7 Å². The second-order valence-electron chi connectivity index (χ2n) is 12.6. The summed E-state index contributed by atoms with van der Waals surface area (Å²) in [5.74, 6) is -0.189. The van der Waals surface area contributed by atoms with Gasteiger partial charge in [0.05, 0.1) is 18.8 Å². The van der Waals surface area contributed by atoms with Crippen molar-refractivity contribution in [3.05, 3.63) is 58.1 Å². The van der Waals surface area contributed by atoms with Crippen LogP contribution < -0.4 is 10.5 Å². The normalized spacial score (nSPS) is 15.0. The Bertz CT molecular complexity index is 1210. The van der Waals surface area contributed by atoms with Crippen molar-refractivity contribution < 1.29 is 18.8 Å². The summed E-state index contributed by atoms with van der Waals surface area (Å²) in [4.78, 5) is 46.4. The fourth-order valence-corrected chi connectivity index (χ4v) is 5.05. The Balaban J connectivity index is 1.81. The van der Waals surface area contributed by atoms with E-state index in [-0.39, 0.29) is 29.5 Å². The zero-order chi connectivity index (χ0) is 29.0. The molecule has 2 heterocycles. The molecule has 1 aromatic heterocycles. The molecule has 0 saturated carbocycles. The number of carbonyl (C=O) groups excluding carboxylic acids is 2. The van der Waals surface area contributed by atoms with Gasteiger partial charge >= 0.3 is 6.09 Å². The minimum absolute atomic E-state index is 0.120. The summed E-state index contributed by atoms with van der Waals surface area (Å²) >= 11 is 0. The van der Waals surface area contributed by atoms with E-state index in [0.29, 0.717) is 26.1 Å². The Kier molecular flexibility index (Phi) is 9.43. The van der Waals surface area contributed by atoms with E-state index in [1.807, 2.05) is 36.5 Å². The highest BCUT2D eigenvalue weighted by Gasteiger charge is 2.37. The van der Waals surface area contributed by atoms with E-state index in [1.165, 1.54) is 0 Å². The van der Waals surface area contributed by atoms with Crippen molar-refractivity contribution >= 4 is 26.1 Å². The van der Waals surface area contributed by atoms with Crippen LogP contribution in [0.2, 0.25) is 18.1 Å². The lowest BCUT2D eigenvalue weighted by atomic mass is 10.2. The van der Waals surface area contributed by atoms with E-state index >= 15 is 0 Å². The second-order valence-corrected chi connectivity index (χ2v) is 17.4. The maximum Gasteiger partial charge on any atom is 0.417 e. The quantitative estimate of drug-likeness (QED) is 0.340. The molecule has 9 nitrogen and oxygen atoms in total. The van der Waals surface area contributed by atoms with Crippen molar-refractivity contribution in [2.75, 3.05) is 31.1 Å². The summed E-state index contributed by atoms with van der Waals surface area (Å²) in [5, 5.41) is 0.134. The Morgan fingerprint density at radius 3 is 2.28 bits per heavy atom. The molecule has 1 fully saturated rings. The molecule has 10 heteroatoms. The van der Waals surface area contributed by atoms with Gasteiger partial charge in [-0.25, -0.2) is 14.7 Å². The van der Waals surface area contributed by atoms with Crippen molar-refractivity contribution in [1.29, 1.82) is 0 Å². The average molecular weight is 557 g/mol. The third-order valence-electron chi connectivity index (χ3n) is 7.18. The highest BCUT2D eigenvalue weighted by Crippen LogP contribution is 2.36. The van der Waals surface area contributed by atoms with Crippen LogP contribution >= 0.6 is 0 Å². The fraction of sp³-hybridized carbons (Fsp3) is 0.586. The predicted octanol–water partition coefficient (Wildman–Crippen LogP) is 4.83. The molecule has 0 atom stereocenters. The maximum atomic E-state index is 13.5. The highest BCUT2D eigenvalue weighted by atomic mass is 28.4. The zero-order valence-corrected chi connectivity index (χ0v) is 25.7. The van der Waals surface area contributed by atoms with Crippen molar-refractivity contribution in [3.8, 4) is 0 Å². The molecule has 0 radical (unpaired) electrons. The lowest BCUT2D eigenvalue weighted by Crippen LogP contribution is -2.55. The summed E-state index contributed by atoms with van der Waals surface area (Å²) < 4.78 is 13.4. The van der Waals surface area contributed by atoms with Gasteiger partial charge in [0.15, 0.2) is 14.1 Å². The van der Waals surface area contributed by atoms with Crippen LogP contribution in [0.1, 0.15) is 59.2 Å². The molecule has 0 aliphatic carbocycles. The number of hydrogen-bond acceptors (Lipinski definition) is 7. The van der Waals surface area contributed by atoms with Crippen LogP contribution in [0.25, 0.3) is 0 Å². The number of piperazine rings is 1. The van der Waals surface area contributed by atoms with Crippen LogP contribution in [-0.4, -0.2) is 66.6 Å². The van der Waals surface area contributed by atoms with Gasteiger partial charge in [-0.2, -0.15) is 0 Å². The Morgan fingerprint density at radius 2 is 1.69 bits per heavy atom. The molecule has 39 heavy (non-hydrogen) atoms. The van der Waals surface area contributed by atoms with Crippen LogP contribution in [0.4, 0.5) is 10.6 Å². The Labute approximate surface area is 233 Å². The number of nitrogens with zero attached hydrogens (tertiary/aromatic N) is 4. The topological polar surface area (TPSA) is 94.0 Å². The van der Waals surface area contributed by atoms with Crippen molar-refractivity contribution in [1.82, 2.24) is 14.5 Å². The molecule has 0 N–H and O–H groups in total. The Hall–Kier alpha value is -2.98. The molecule has 0 unspecified atom stereocenters. The molecule has 0 spiro atoms. The minimum Gasteiger partial charge on any atom is -0.443 e. The van der Waals surface area contributed by atoms with E-state index in [1.54, 1.807) is 30.2 Å². The third kappa shape index (κ3) is 8.25. The van der Waals surface area contributed by atoms with Gasteiger partial charge in [0.1, 0.15) is 5.60 Å². The molecule has 3 rings (SSSR count). The summed E-state index contributed by atoms with van der Waals surface area (Å²) in [5.41, 5.74) is 0.791. The standard InChI is InChI=1S/C29H44N4O5Si/c1-28(2,3)38-27(36)33-17-16-31(21-24(33)34)25-26(35)32(19-22-13-10-9-11-14-22)20-23(30-25)15-12-18-37-39(7,8)29(4,5)6/h9-11,13-14,20H,12,15-19,21H2,1-8H3. The first kappa shape index (κ1) is 30.6. The fourth-order valence-electron chi connectivity index (χ4n) is 3.96. The summed E-state index contributed by atoms with van der Waals surface area (Å²) in [6.45, 7) is 17.7. The molecule has 2 aromatic rings. The van der Waals surface area contributed by atoms with E-state index < -0.39 is 25.9 Å². The average Bonchev–Trinajstić information content (AvgIpc) is 2.82. The van der Waals surface area contributed by atoms with E-state index in [0.717, 1.165) is 22.6 Å². The number of aryl methyl sites for hydroxylation is 1. The smallest absolute Gasteiger partial charge is 0.417 e. The van der Waals surface area contributed by atoms with E-state index in [4.69, 9.17) is 14.1 Å². The number of anilines is 1. The molecular formula is C29H44N4O5Si. The van der Waals surface area contributed by atoms with Crippen LogP contribution in [0.3, 0.4) is 0 Å². The summed E-state index contributed by atoms with van der Waals surface area (Å²) in [7, 11) is -1.85. The molecule has 214 valence electrons. The molecule has 0 bridgehead atoms. The number of rotatable bonds is 8. The van der Waals surface area contributed by atoms with Gasteiger partial charge in [-0.05, 0) is 57.3 Å². The van der Waals surface area contributed by atoms with Gasteiger partial charge in [-0.3, -0.25) is 9.59 Å². The molecule has 2 amide bonds. The number of carbonyl (C=O) groups is 2. The predicted molar refractivity (Wildman–Crippen MR) is 156 cm³/mol. The van der Waals surface area contributed by atoms with Gasteiger partial charge < -0.3 is 18.6 Å². The largest absolute Gasteiger partial charge is 0.443 e.